The third-order valence-corrected chi connectivity index (χ3v) is 7.71. The van der Waals surface area contributed by atoms with E-state index in [9.17, 15) is 4.79 Å². The Kier molecular flexibility index (Phi) is 3.96. The Labute approximate surface area is 165 Å². The monoisotopic (exact) mass is 399 g/mol. The summed E-state index contributed by atoms with van der Waals surface area (Å²) in [7, 11) is 0. The molecule has 2 atom stereocenters. The molecule has 3 heterocycles. The van der Waals surface area contributed by atoms with Crippen LogP contribution in [0.5, 0.6) is 0 Å². The second kappa shape index (κ2) is 6.25. The quantitative estimate of drug-likeness (QED) is 0.635. The summed E-state index contributed by atoms with van der Waals surface area (Å²) in [5.74, 6) is 1.56. The number of nitrogens with two attached hydrogens (primary N) is 1. The Bertz CT molecular complexity index is 1080. The molecule has 5 N–H and O–H groups in total. The molecule has 2 aromatic rings. The van der Waals surface area contributed by atoms with Crippen LogP contribution in [0, 0.1) is 5.92 Å². The lowest BCUT2D eigenvalue weighted by molar-refractivity contribution is 0.478. The number of hydrogen-bond acceptors (Lipinski definition) is 7. The van der Waals surface area contributed by atoms with E-state index in [2.05, 4.69) is 22.5 Å². The molecule has 3 aliphatic rings. The van der Waals surface area contributed by atoms with E-state index in [1.165, 1.54) is 27.4 Å². The molecular formula is C19H21N5OS2. The van der Waals surface area contributed by atoms with Crippen molar-refractivity contribution in [1.29, 1.82) is 0 Å². The number of hydrogen-bond donors (Lipinski definition) is 4. The first-order valence-corrected chi connectivity index (χ1v) is 10.8. The number of aromatic amines is 1. The van der Waals surface area contributed by atoms with Crippen molar-refractivity contribution in [1.82, 2.24) is 10.3 Å². The third-order valence-electron chi connectivity index (χ3n) is 5.49. The van der Waals surface area contributed by atoms with Crippen LogP contribution in [0.3, 0.4) is 0 Å². The first-order valence-electron chi connectivity index (χ1n) is 9.12. The fraction of sp³-hybridized carbons (Fsp3) is 0.368. The van der Waals surface area contributed by atoms with Gasteiger partial charge in [-0.1, -0.05) is 23.1 Å². The molecule has 2 aliphatic heterocycles. The Balaban J connectivity index is 1.54. The molecular weight excluding hydrogens is 378 g/mol. The summed E-state index contributed by atoms with van der Waals surface area (Å²) < 4.78 is 0.951. The van der Waals surface area contributed by atoms with Crippen LogP contribution in [0.25, 0.3) is 10.2 Å². The van der Waals surface area contributed by atoms with Crippen molar-refractivity contribution in [3.8, 4) is 0 Å². The van der Waals surface area contributed by atoms with Crippen molar-refractivity contribution in [2.75, 3.05) is 11.9 Å². The van der Waals surface area contributed by atoms with Crippen molar-refractivity contribution < 1.29 is 0 Å². The maximum Gasteiger partial charge on any atom is 0.305 e. The molecule has 1 aromatic carbocycles. The number of aromatic nitrogens is 1. The van der Waals surface area contributed by atoms with Crippen molar-refractivity contribution in [2.24, 2.45) is 16.6 Å². The summed E-state index contributed by atoms with van der Waals surface area (Å²) in [5, 5.41) is 6.85. The van der Waals surface area contributed by atoms with Crippen LogP contribution in [0.15, 0.2) is 49.9 Å². The number of allylic oxidation sites excluding steroid dienone is 1. The number of thiazole rings is 1. The average Bonchev–Trinajstić information content (AvgIpc) is 3.16. The van der Waals surface area contributed by atoms with Crippen LogP contribution in [0.1, 0.15) is 26.2 Å². The van der Waals surface area contributed by atoms with E-state index in [1.54, 1.807) is 6.34 Å². The van der Waals surface area contributed by atoms with Gasteiger partial charge >= 0.3 is 4.87 Å². The third kappa shape index (κ3) is 2.83. The maximum absolute atomic E-state index is 11.6. The van der Waals surface area contributed by atoms with Gasteiger partial charge in [-0.15, -0.1) is 0 Å². The zero-order valence-electron chi connectivity index (χ0n) is 15.0. The molecule has 27 heavy (non-hydrogen) atoms. The molecule has 1 aromatic heterocycles. The lowest BCUT2D eigenvalue weighted by Crippen LogP contribution is -2.33. The smallest absolute Gasteiger partial charge is 0.305 e. The molecule has 8 heteroatoms. The first-order chi connectivity index (χ1) is 13.1. The Morgan fingerprint density at radius 3 is 3.19 bits per heavy atom. The summed E-state index contributed by atoms with van der Waals surface area (Å²) in [4.78, 5) is 20.3. The van der Waals surface area contributed by atoms with Crippen molar-refractivity contribution >= 4 is 45.3 Å². The van der Waals surface area contributed by atoms with Gasteiger partial charge in [0.05, 0.1) is 16.6 Å². The van der Waals surface area contributed by atoms with Gasteiger partial charge in [-0.3, -0.25) is 9.79 Å². The number of fused-ring (bicyclic) bond motifs is 3. The fourth-order valence-corrected chi connectivity index (χ4v) is 6.48. The highest BCUT2D eigenvalue weighted by Gasteiger charge is 2.45. The van der Waals surface area contributed by atoms with Crippen molar-refractivity contribution in [3.05, 3.63) is 49.7 Å². The summed E-state index contributed by atoms with van der Waals surface area (Å²) >= 11 is 3.09. The van der Waals surface area contributed by atoms with E-state index < -0.39 is 0 Å². The molecule has 0 saturated heterocycles. The van der Waals surface area contributed by atoms with Crippen molar-refractivity contribution in [3.63, 3.8) is 0 Å². The Morgan fingerprint density at radius 2 is 2.33 bits per heavy atom. The molecule has 0 spiro atoms. The van der Waals surface area contributed by atoms with Crippen LogP contribution in [0.4, 0.5) is 5.69 Å². The minimum atomic E-state index is -0.287. The van der Waals surface area contributed by atoms with Crippen LogP contribution in [0.2, 0.25) is 0 Å². The summed E-state index contributed by atoms with van der Waals surface area (Å²) in [6, 6.07) is 5.95. The summed E-state index contributed by atoms with van der Waals surface area (Å²) in [6.45, 7) is 2.93. The lowest BCUT2D eigenvalue weighted by atomic mass is 9.84. The molecule has 0 saturated carbocycles. The molecule has 0 amide bonds. The molecule has 2 unspecified atom stereocenters. The van der Waals surface area contributed by atoms with Crippen molar-refractivity contribution in [2.45, 2.75) is 31.1 Å². The highest BCUT2D eigenvalue weighted by molar-refractivity contribution is 8.04. The van der Waals surface area contributed by atoms with E-state index >= 15 is 0 Å². The number of anilines is 1. The van der Waals surface area contributed by atoms with Gasteiger partial charge in [-0.25, -0.2) is 0 Å². The molecule has 0 bridgehead atoms. The summed E-state index contributed by atoms with van der Waals surface area (Å²) in [5.41, 5.74) is 10.4. The fourth-order valence-electron chi connectivity index (χ4n) is 4.15. The SMILES string of the molecule is CC12N=CNC(Nc3ccc4[nH]c(=O)sc4c3)=C1C1=C(CC(CN)CC1)S2. The molecule has 6 nitrogen and oxygen atoms in total. The van der Waals surface area contributed by atoms with Crippen LogP contribution in [-0.2, 0) is 0 Å². The predicted octanol–water partition coefficient (Wildman–Crippen LogP) is 3.32. The van der Waals surface area contributed by atoms with Gasteiger partial charge < -0.3 is 21.4 Å². The van der Waals surface area contributed by atoms with Gasteiger partial charge in [-0.2, -0.15) is 0 Å². The number of thioether (sulfide) groups is 1. The zero-order chi connectivity index (χ0) is 18.6. The molecule has 0 radical (unpaired) electrons. The van der Waals surface area contributed by atoms with E-state index in [0.717, 1.165) is 47.5 Å². The number of nitrogens with one attached hydrogen (secondary N) is 3. The number of H-pyrrole nitrogens is 1. The van der Waals surface area contributed by atoms with Gasteiger partial charge in [0.2, 0.25) is 0 Å². The normalized spacial score (nSPS) is 27.0. The lowest BCUT2D eigenvalue weighted by Gasteiger charge is -2.29. The Hall–Kier alpha value is -2.03. The van der Waals surface area contributed by atoms with E-state index in [4.69, 9.17) is 10.7 Å². The maximum atomic E-state index is 11.6. The topological polar surface area (TPSA) is 95.3 Å². The molecule has 1 aliphatic carbocycles. The van der Waals surface area contributed by atoms with Crippen LogP contribution in [-0.4, -0.2) is 22.7 Å². The highest BCUT2D eigenvalue weighted by Crippen LogP contribution is 2.57. The highest BCUT2D eigenvalue weighted by atomic mass is 32.2. The van der Waals surface area contributed by atoms with E-state index in [0.29, 0.717) is 5.92 Å². The van der Waals surface area contributed by atoms with Crippen LogP contribution >= 0.6 is 23.1 Å². The largest absolute Gasteiger partial charge is 0.341 e. The second-order valence-corrected chi connectivity index (χ2v) is 9.84. The minimum Gasteiger partial charge on any atom is -0.341 e. The number of benzene rings is 1. The standard InChI is InChI=1S/C19H21N5OS2/c1-19-16(12-4-2-10(8-20)6-14(12)27-19)17(21-9-22-19)23-11-3-5-13-15(7-11)26-18(25)24-13/h3,5,7,9-10,23H,2,4,6,8,20H2,1H3,(H,21,22)(H,24,25). The average molecular weight is 400 g/mol. The van der Waals surface area contributed by atoms with Gasteiger partial charge in [0.1, 0.15) is 10.7 Å². The Morgan fingerprint density at radius 1 is 1.44 bits per heavy atom. The van der Waals surface area contributed by atoms with Gasteiger partial charge in [0.15, 0.2) is 0 Å². The first kappa shape index (κ1) is 17.1. The predicted molar refractivity (Wildman–Crippen MR) is 114 cm³/mol. The molecule has 140 valence electrons. The van der Waals surface area contributed by atoms with E-state index in [1.807, 2.05) is 30.0 Å². The molecule has 5 rings (SSSR count). The summed E-state index contributed by atoms with van der Waals surface area (Å²) in [6.07, 6.45) is 5.03. The second-order valence-electron chi connectivity index (χ2n) is 7.33. The number of nitrogens with zero attached hydrogens (tertiary/aromatic N) is 1. The zero-order valence-corrected chi connectivity index (χ0v) is 16.6. The van der Waals surface area contributed by atoms with Gasteiger partial charge in [-0.05, 0) is 67.3 Å². The number of rotatable bonds is 3. The van der Waals surface area contributed by atoms with Gasteiger partial charge in [0, 0.05) is 11.3 Å². The van der Waals surface area contributed by atoms with Crippen LogP contribution < -0.4 is 21.2 Å². The minimum absolute atomic E-state index is 0.0293. The van der Waals surface area contributed by atoms with E-state index in [-0.39, 0.29) is 9.74 Å². The number of aliphatic imine (C=N–C) groups is 1. The van der Waals surface area contributed by atoms with Gasteiger partial charge in [0.25, 0.3) is 0 Å². The molecule has 0 fully saturated rings.